The highest BCUT2D eigenvalue weighted by atomic mass is 32.2. The Balaban J connectivity index is 1.27. The lowest BCUT2D eigenvalue weighted by Crippen LogP contribution is -2.23. The number of halogens is 1. The van der Waals surface area contributed by atoms with Crippen molar-refractivity contribution in [3.05, 3.63) is 77.7 Å². The van der Waals surface area contributed by atoms with Gasteiger partial charge in [0.1, 0.15) is 28.7 Å². The zero-order valence-corrected chi connectivity index (χ0v) is 29.8. The molecule has 1 heterocycles. The maximum absolute atomic E-state index is 14.5. The highest BCUT2D eigenvalue weighted by molar-refractivity contribution is 7.92. The van der Waals surface area contributed by atoms with Crippen LogP contribution in [0.15, 0.2) is 65.7 Å². The summed E-state index contributed by atoms with van der Waals surface area (Å²) in [7, 11) is -3.96. The number of aromatic nitrogens is 1. The number of hydrogen-bond acceptors (Lipinski definition) is 7. The van der Waals surface area contributed by atoms with Crippen molar-refractivity contribution in [2.45, 2.75) is 128 Å². The number of esters is 1. The Morgan fingerprint density at radius 2 is 1.33 bits per heavy atom. The standard InChI is InChI=1S/C38H51FN2O7S/c1-38(2,3)48-36(42)18-16-14-12-10-8-6-4-5-7-9-11-13-15-17-29-27-32(22-25-34(29)39)47-31-20-23-33(24-21-31)49(45,46)41-35-26-19-30(28-40-35)37(43)44/h19-28H,4-18H2,1-3H3,(H,40,41)(H,43,44). The Bertz CT molecular complexity index is 1570. The lowest BCUT2D eigenvalue weighted by molar-refractivity contribution is -0.154. The number of benzene rings is 2. The fourth-order valence-electron chi connectivity index (χ4n) is 5.33. The zero-order valence-electron chi connectivity index (χ0n) is 29.0. The van der Waals surface area contributed by atoms with Gasteiger partial charge in [-0.2, -0.15) is 0 Å². The summed E-state index contributed by atoms with van der Waals surface area (Å²) < 4.78 is 53.5. The molecule has 0 bridgehead atoms. The highest BCUT2D eigenvalue weighted by Gasteiger charge is 2.17. The van der Waals surface area contributed by atoms with Crippen molar-refractivity contribution in [3.63, 3.8) is 0 Å². The fourth-order valence-corrected chi connectivity index (χ4v) is 6.34. The minimum Gasteiger partial charge on any atom is -0.478 e. The van der Waals surface area contributed by atoms with Crippen LogP contribution in [-0.4, -0.2) is 36.0 Å². The number of ether oxygens (including phenoxy) is 2. The van der Waals surface area contributed by atoms with E-state index in [9.17, 15) is 22.4 Å². The predicted molar refractivity (Wildman–Crippen MR) is 189 cm³/mol. The molecule has 49 heavy (non-hydrogen) atoms. The lowest BCUT2D eigenvalue weighted by Gasteiger charge is -2.19. The fraction of sp³-hybridized carbons (Fsp3) is 0.500. The smallest absolute Gasteiger partial charge is 0.337 e. The van der Waals surface area contributed by atoms with E-state index in [0.717, 1.165) is 38.3 Å². The second kappa shape index (κ2) is 19.9. The molecule has 3 rings (SSSR count). The number of hydrogen-bond donors (Lipinski definition) is 2. The van der Waals surface area contributed by atoms with Crippen LogP contribution in [0.25, 0.3) is 0 Å². The van der Waals surface area contributed by atoms with E-state index in [1.807, 2.05) is 20.8 Å². The summed E-state index contributed by atoms with van der Waals surface area (Å²) in [5.41, 5.74) is 0.131. The molecular weight excluding hydrogens is 647 g/mol. The maximum atomic E-state index is 14.5. The second-order valence-corrected chi connectivity index (χ2v) is 15.0. The summed E-state index contributed by atoms with van der Waals surface area (Å²) in [5.74, 6) is -0.671. The van der Waals surface area contributed by atoms with Crippen LogP contribution >= 0.6 is 0 Å². The summed E-state index contributed by atoms with van der Waals surface area (Å²) in [6.45, 7) is 5.69. The van der Waals surface area contributed by atoms with E-state index in [1.54, 1.807) is 12.1 Å². The van der Waals surface area contributed by atoms with Crippen LogP contribution in [0.1, 0.15) is 127 Å². The summed E-state index contributed by atoms with van der Waals surface area (Å²) in [6, 6.07) is 12.9. The molecule has 0 fully saturated rings. The topological polar surface area (TPSA) is 132 Å². The van der Waals surface area contributed by atoms with E-state index >= 15 is 0 Å². The molecule has 0 saturated carbocycles. The SMILES string of the molecule is CC(C)(C)OC(=O)CCCCCCCCCCCCCCCc1cc(Oc2ccc(S(=O)(=O)Nc3ccc(C(=O)O)cn3)cc2)ccc1F. The molecule has 0 atom stereocenters. The number of nitrogens with one attached hydrogen (secondary N) is 1. The molecule has 0 aliphatic rings. The van der Waals surface area contributed by atoms with Crippen LogP contribution in [0.4, 0.5) is 10.2 Å². The number of carboxylic acid groups (broad SMARTS) is 1. The molecule has 0 unspecified atom stereocenters. The number of carbonyl (C=O) groups excluding carboxylic acids is 1. The molecule has 0 spiro atoms. The van der Waals surface area contributed by atoms with Crippen molar-refractivity contribution in [1.82, 2.24) is 4.98 Å². The molecule has 0 radical (unpaired) electrons. The average Bonchev–Trinajstić information content (AvgIpc) is 3.03. The Labute approximate surface area is 290 Å². The van der Waals surface area contributed by atoms with Gasteiger partial charge in [-0.05, 0) is 100 Å². The van der Waals surface area contributed by atoms with Gasteiger partial charge in [0.2, 0.25) is 0 Å². The number of aromatic carboxylic acids is 1. The predicted octanol–water partition coefficient (Wildman–Crippen LogP) is 9.86. The van der Waals surface area contributed by atoms with Crippen LogP contribution in [-0.2, 0) is 26.0 Å². The van der Waals surface area contributed by atoms with Crippen molar-refractivity contribution in [1.29, 1.82) is 0 Å². The molecule has 3 aromatic rings. The van der Waals surface area contributed by atoms with Gasteiger partial charge >= 0.3 is 11.9 Å². The molecular formula is C38H51FN2O7S. The zero-order chi connectivity index (χ0) is 35.7. The van der Waals surface area contributed by atoms with E-state index in [-0.39, 0.29) is 28.1 Å². The number of unbranched alkanes of at least 4 members (excludes halogenated alkanes) is 12. The molecule has 0 amide bonds. The van der Waals surface area contributed by atoms with Gasteiger partial charge in [0, 0.05) is 12.6 Å². The van der Waals surface area contributed by atoms with Crippen molar-refractivity contribution >= 4 is 27.8 Å². The Hall–Kier alpha value is -3.99. The first-order valence-corrected chi connectivity index (χ1v) is 18.8. The summed E-state index contributed by atoms with van der Waals surface area (Å²) in [5, 5.41) is 8.97. The minimum atomic E-state index is -3.96. The summed E-state index contributed by atoms with van der Waals surface area (Å²) in [6.07, 6.45) is 17.0. The molecule has 0 saturated heterocycles. The van der Waals surface area contributed by atoms with Crippen LogP contribution < -0.4 is 9.46 Å². The second-order valence-electron chi connectivity index (χ2n) is 13.4. The number of nitrogens with zero attached hydrogens (tertiary/aromatic N) is 1. The van der Waals surface area contributed by atoms with E-state index < -0.39 is 21.6 Å². The molecule has 9 nitrogen and oxygen atoms in total. The van der Waals surface area contributed by atoms with E-state index in [0.29, 0.717) is 29.9 Å². The molecule has 2 N–H and O–H groups in total. The van der Waals surface area contributed by atoms with Crippen LogP contribution in [0, 0.1) is 5.82 Å². The Morgan fingerprint density at radius 3 is 1.86 bits per heavy atom. The van der Waals surface area contributed by atoms with Crippen LogP contribution in [0.3, 0.4) is 0 Å². The monoisotopic (exact) mass is 698 g/mol. The number of pyridine rings is 1. The normalized spacial score (nSPS) is 11.7. The number of rotatable bonds is 22. The molecule has 11 heteroatoms. The molecule has 268 valence electrons. The quantitative estimate of drug-likeness (QED) is 0.0783. The van der Waals surface area contributed by atoms with E-state index in [2.05, 4.69) is 9.71 Å². The Morgan fingerprint density at radius 1 is 0.776 bits per heavy atom. The average molecular weight is 699 g/mol. The molecule has 0 aliphatic carbocycles. The maximum Gasteiger partial charge on any atom is 0.337 e. The lowest BCUT2D eigenvalue weighted by atomic mass is 10.0. The van der Waals surface area contributed by atoms with Gasteiger partial charge in [0.25, 0.3) is 10.0 Å². The van der Waals surface area contributed by atoms with E-state index in [1.165, 1.54) is 93.8 Å². The van der Waals surface area contributed by atoms with Gasteiger partial charge < -0.3 is 14.6 Å². The highest BCUT2D eigenvalue weighted by Crippen LogP contribution is 2.27. The van der Waals surface area contributed by atoms with Gasteiger partial charge in [-0.3, -0.25) is 9.52 Å². The van der Waals surface area contributed by atoms with Crippen molar-refractivity contribution < 1.29 is 37.0 Å². The molecule has 1 aromatic heterocycles. The van der Waals surface area contributed by atoms with Crippen LogP contribution in [0.5, 0.6) is 11.5 Å². The largest absolute Gasteiger partial charge is 0.478 e. The number of carboxylic acids is 1. The van der Waals surface area contributed by atoms with Crippen molar-refractivity contribution in [2.24, 2.45) is 0 Å². The summed E-state index contributed by atoms with van der Waals surface area (Å²) in [4.78, 5) is 26.5. The first kappa shape index (κ1) is 39.4. The number of sulfonamides is 1. The first-order valence-electron chi connectivity index (χ1n) is 17.3. The number of carbonyl (C=O) groups is 2. The number of aryl methyl sites for hydroxylation is 1. The van der Waals surface area contributed by atoms with Crippen molar-refractivity contribution in [2.75, 3.05) is 4.72 Å². The van der Waals surface area contributed by atoms with Gasteiger partial charge in [-0.15, -0.1) is 0 Å². The van der Waals surface area contributed by atoms with Crippen molar-refractivity contribution in [3.8, 4) is 11.5 Å². The minimum absolute atomic E-state index is 0.00655. The first-order chi connectivity index (χ1) is 23.3. The molecule has 0 aliphatic heterocycles. The van der Waals surface area contributed by atoms with Crippen LogP contribution in [0.2, 0.25) is 0 Å². The van der Waals surface area contributed by atoms with Gasteiger partial charge in [0.15, 0.2) is 0 Å². The third-order valence-corrected chi connectivity index (χ3v) is 9.25. The third kappa shape index (κ3) is 15.4. The Kier molecular flexibility index (Phi) is 16.0. The summed E-state index contributed by atoms with van der Waals surface area (Å²) >= 11 is 0. The van der Waals surface area contributed by atoms with E-state index in [4.69, 9.17) is 14.6 Å². The third-order valence-electron chi connectivity index (χ3n) is 7.88. The van der Waals surface area contributed by atoms with Gasteiger partial charge in [-0.1, -0.05) is 70.6 Å². The van der Waals surface area contributed by atoms with Gasteiger partial charge in [0.05, 0.1) is 10.5 Å². The number of anilines is 1. The van der Waals surface area contributed by atoms with Gasteiger partial charge in [-0.25, -0.2) is 22.6 Å². The molecule has 2 aromatic carbocycles.